The molecular weight excluding hydrogens is 461 g/mol. The fourth-order valence-corrected chi connectivity index (χ4v) is 6.25. The Morgan fingerprint density at radius 3 is 2.73 bits per heavy atom. The Kier molecular flexibility index (Phi) is 6.07. The Bertz CT molecular complexity index is 1110. The van der Waals surface area contributed by atoms with E-state index in [0.29, 0.717) is 45.6 Å². The Balaban J connectivity index is 1.96. The van der Waals surface area contributed by atoms with Gasteiger partial charge in [-0.25, -0.2) is 0 Å². The third-order valence-electron chi connectivity index (χ3n) is 5.06. The van der Waals surface area contributed by atoms with Crippen LogP contribution < -0.4 is 10.6 Å². The number of nitriles is 1. The summed E-state index contributed by atoms with van der Waals surface area (Å²) < 4.78 is 0.805. The number of rotatable bonds is 4. The fourth-order valence-electron chi connectivity index (χ4n) is 3.85. The zero-order valence-corrected chi connectivity index (χ0v) is 19.1. The molecule has 1 unspecified atom stereocenters. The number of Topliss-reactive ketones (excluding diaryl/α,β-unsaturated/α-hetero) is 1. The Labute approximate surface area is 192 Å². The molecule has 1 aromatic carbocycles. The first-order valence-electron chi connectivity index (χ1n) is 9.34. The smallest absolute Gasteiger partial charge is 0.219 e. The number of ketones is 1. The Morgan fingerprint density at radius 1 is 1.33 bits per heavy atom. The molecule has 2 aromatic rings. The maximum Gasteiger partial charge on any atom is 0.219 e. The number of carbonyl (C=O) groups is 1. The molecule has 0 bridgehead atoms. The predicted octanol–water partition coefficient (Wildman–Crippen LogP) is 5.26. The van der Waals surface area contributed by atoms with Gasteiger partial charge < -0.3 is 5.73 Å². The molecule has 1 aliphatic heterocycles. The largest absolute Gasteiger partial charge is 0.384 e. The van der Waals surface area contributed by atoms with Gasteiger partial charge in [0.15, 0.2) is 10.1 Å². The van der Waals surface area contributed by atoms with E-state index in [2.05, 4.69) is 16.3 Å². The van der Waals surface area contributed by atoms with Crippen LogP contribution in [0.5, 0.6) is 0 Å². The molecule has 0 saturated heterocycles. The molecule has 0 radical (unpaired) electrons. The summed E-state index contributed by atoms with van der Waals surface area (Å²) in [5.74, 6) is 0.363. The molecule has 6 nitrogen and oxygen atoms in total. The average molecular weight is 478 g/mol. The van der Waals surface area contributed by atoms with Crippen molar-refractivity contribution in [3.05, 3.63) is 56.5 Å². The molecule has 0 fully saturated rings. The summed E-state index contributed by atoms with van der Waals surface area (Å²) in [5.41, 5.74) is 8.54. The number of anilines is 1. The normalized spacial score (nSPS) is 19.2. The topological polar surface area (TPSA) is 95.9 Å². The zero-order chi connectivity index (χ0) is 21.4. The van der Waals surface area contributed by atoms with E-state index in [1.54, 1.807) is 34.9 Å². The highest BCUT2D eigenvalue weighted by Gasteiger charge is 2.42. The van der Waals surface area contributed by atoms with Crippen molar-refractivity contribution in [2.45, 2.75) is 36.4 Å². The number of benzene rings is 1. The molecule has 0 saturated carbocycles. The van der Waals surface area contributed by atoms with Crippen LogP contribution in [0.25, 0.3) is 0 Å². The molecule has 2 N–H and O–H groups in total. The molecule has 1 aromatic heterocycles. The molecule has 0 spiro atoms. The van der Waals surface area contributed by atoms with Gasteiger partial charge in [0.25, 0.3) is 0 Å². The first-order valence-corrected chi connectivity index (χ1v) is 11.9. The minimum atomic E-state index is -0.701. The highest BCUT2D eigenvalue weighted by atomic mass is 35.5. The Morgan fingerprint density at radius 2 is 2.07 bits per heavy atom. The number of hydrogen-bond acceptors (Lipinski definition) is 8. The summed E-state index contributed by atoms with van der Waals surface area (Å²) in [7, 11) is 0. The van der Waals surface area contributed by atoms with E-state index >= 15 is 0 Å². The third kappa shape index (κ3) is 3.50. The molecule has 4 rings (SSSR count). The van der Waals surface area contributed by atoms with E-state index in [1.807, 2.05) is 6.92 Å². The van der Waals surface area contributed by atoms with Crippen LogP contribution in [-0.2, 0) is 4.79 Å². The lowest BCUT2D eigenvalue weighted by molar-refractivity contribution is -0.116. The number of aromatic nitrogens is 2. The first-order chi connectivity index (χ1) is 14.5. The number of hydrogen-bond donors (Lipinski definition) is 1. The summed E-state index contributed by atoms with van der Waals surface area (Å²) in [6, 6.07) is 7.34. The van der Waals surface area contributed by atoms with E-state index < -0.39 is 5.92 Å². The van der Waals surface area contributed by atoms with Gasteiger partial charge in [-0.05, 0) is 30.7 Å². The first kappa shape index (κ1) is 21.2. The number of thioether (sulfide) groups is 1. The van der Waals surface area contributed by atoms with Gasteiger partial charge in [0, 0.05) is 33.3 Å². The number of nitrogens with two attached hydrogens (primary N) is 1. The van der Waals surface area contributed by atoms with E-state index in [-0.39, 0.29) is 17.2 Å². The summed E-state index contributed by atoms with van der Waals surface area (Å²) >= 11 is 15.9. The highest BCUT2D eigenvalue weighted by molar-refractivity contribution is 8.01. The lowest BCUT2D eigenvalue weighted by Gasteiger charge is -2.38. The van der Waals surface area contributed by atoms with Gasteiger partial charge in [-0.2, -0.15) is 5.26 Å². The van der Waals surface area contributed by atoms with Gasteiger partial charge in [-0.1, -0.05) is 59.3 Å². The SMILES string of the molecule is CCSc1nnc(N2C(N)=C(C#N)C(c3c(Cl)cccc3Cl)C3=C2CCCC3=O)s1. The summed E-state index contributed by atoms with van der Waals surface area (Å²) in [6.45, 7) is 2.03. The fraction of sp³-hybridized carbons (Fsp3) is 0.300. The number of nitrogens with zero attached hydrogens (tertiary/aromatic N) is 4. The van der Waals surface area contributed by atoms with Crippen LogP contribution in [0.1, 0.15) is 37.7 Å². The third-order valence-corrected chi connectivity index (χ3v) is 7.64. The van der Waals surface area contributed by atoms with Crippen molar-refractivity contribution in [3.63, 3.8) is 0 Å². The van der Waals surface area contributed by atoms with Crippen LogP contribution in [0, 0.1) is 11.3 Å². The molecule has 0 amide bonds. The van der Waals surface area contributed by atoms with Crippen molar-refractivity contribution in [3.8, 4) is 6.07 Å². The van der Waals surface area contributed by atoms with Crippen molar-refractivity contribution in [2.75, 3.05) is 10.7 Å². The van der Waals surface area contributed by atoms with Gasteiger partial charge in [0.05, 0.1) is 17.6 Å². The molecule has 1 atom stereocenters. The van der Waals surface area contributed by atoms with Gasteiger partial charge in [0.1, 0.15) is 5.82 Å². The van der Waals surface area contributed by atoms with Crippen LogP contribution in [0.2, 0.25) is 10.0 Å². The van der Waals surface area contributed by atoms with Gasteiger partial charge in [-0.15, -0.1) is 10.2 Å². The lowest BCUT2D eigenvalue weighted by atomic mass is 9.75. The van der Waals surface area contributed by atoms with E-state index in [1.165, 1.54) is 11.3 Å². The van der Waals surface area contributed by atoms with Crippen LogP contribution in [-0.4, -0.2) is 21.7 Å². The van der Waals surface area contributed by atoms with Crippen LogP contribution in [0.3, 0.4) is 0 Å². The van der Waals surface area contributed by atoms with Gasteiger partial charge in [-0.3, -0.25) is 9.69 Å². The zero-order valence-electron chi connectivity index (χ0n) is 16.0. The molecule has 1 aliphatic carbocycles. The quantitative estimate of drug-likeness (QED) is 0.599. The van der Waals surface area contributed by atoms with Crippen molar-refractivity contribution in [1.82, 2.24) is 10.2 Å². The maximum atomic E-state index is 13.1. The second kappa shape index (κ2) is 8.60. The molecular formula is C20H17Cl2N5OS2. The number of allylic oxidation sites excluding steroid dienone is 3. The van der Waals surface area contributed by atoms with Gasteiger partial charge in [0.2, 0.25) is 5.13 Å². The highest BCUT2D eigenvalue weighted by Crippen LogP contribution is 2.49. The summed E-state index contributed by atoms with van der Waals surface area (Å²) in [6.07, 6.45) is 1.73. The number of halogens is 2. The van der Waals surface area contributed by atoms with Crippen molar-refractivity contribution < 1.29 is 4.79 Å². The second-order valence-electron chi connectivity index (χ2n) is 6.74. The second-order valence-corrected chi connectivity index (χ2v) is 10.0. The average Bonchev–Trinajstić information content (AvgIpc) is 3.16. The van der Waals surface area contributed by atoms with E-state index in [4.69, 9.17) is 28.9 Å². The van der Waals surface area contributed by atoms with E-state index in [9.17, 15) is 10.1 Å². The number of carbonyl (C=O) groups excluding carboxylic acids is 1. The van der Waals surface area contributed by atoms with Crippen LogP contribution in [0.15, 0.2) is 45.2 Å². The summed E-state index contributed by atoms with van der Waals surface area (Å²) in [4.78, 5) is 14.8. The maximum absolute atomic E-state index is 13.1. The molecule has 30 heavy (non-hydrogen) atoms. The van der Waals surface area contributed by atoms with Crippen LogP contribution in [0.4, 0.5) is 5.13 Å². The summed E-state index contributed by atoms with van der Waals surface area (Å²) in [5, 5.41) is 19.9. The molecule has 154 valence electrons. The molecule has 2 heterocycles. The molecule has 10 heteroatoms. The monoisotopic (exact) mass is 477 g/mol. The molecule has 2 aliphatic rings. The lowest BCUT2D eigenvalue weighted by Crippen LogP contribution is -2.38. The van der Waals surface area contributed by atoms with Crippen molar-refractivity contribution in [2.24, 2.45) is 5.73 Å². The van der Waals surface area contributed by atoms with E-state index in [0.717, 1.165) is 15.8 Å². The minimum Gasteiger partial charge on any atom is -0.384 e. The standard InChI is InChI=1S/C20H17Cl2N5OS2/c1-2-29-20-26-25-19(30-20)27-13-7-4-8-14(28)17(13)15(10(9-23)18(27)24)16-11(21)5-3-6-12(16)22/h3,5-6,15H,2,4,7-8,24H2,1H3. The predicted molar refractivity (Wildman–Crippen MR) is 121 cm³/mol. The van der Waals surface area contributed by atoms with Crippen LogP contribution >= 0.6 is 46.3 Å². The van der Waals surface area contributed by atoms with Crippen molar-refractivity contribution in [1.29, 1.82) is 5.26 Å². The van der Waals surface area contributed by atoms with Crippen molar-refractivity contribution >= 4 is 57.2 Å². The Hall–Kier alpha value is -2.05. The minimum absolute atomic E-state index is 0.0323. The van der Waals surface area contributed by atoms with Gasteiger partial charge >= 0.3 is 0 Å².